The maximum absolute atomic E-state index is 6.00. The minimum atomic E-state index is -0.875. The van der Waals surface area contributed by atoms with Crippen molar-refractivity contribution < 1.29 is 28.4 Å². The molecule has 0 spiro atoms. The average molecular weight is 262 g/mol. The fourth-order valence-corrected chi connectivity index (χ4v) is 2.94. The summed E-state index contributed by atoms with van der Waals surface area (Å²) in [6.45, 7) is 1.04. The molecule has 0 unspecified atom stereocenters. The van der Waals surface area contributed by atoms with Crippen LogP contribution in [0.2, 0.25) is 0 Å². The van der Waals surface area contributed by atoms with E-state index in [2.05, 4.69) is 0 Å². The molecule has 2 rings (SSSR count). The minimum Gasteiger partial charge on any atom is -0.382 e. The number of hydrogen-bond donors (Lipinski definition) is 0. The van der Waals surface area contributed by atoms with Crippen molar-refractivity contribution in [3.63, 3.8) is 0 Å². The van der Waals surface area contributed by atoms with Crippen LogP contribution in [0.1, 0.15) is 6.42 Å². The molecule has 5 atom stereocenters. The van der Waals surface area contributed by atoms with Gasteiger partial charge in [0.25, 0.3) is 0 Å². The molecule has 2 aliphatic rings. The van der Waals surface area contributed by atoms with Crippen LogP contribution in [0.5, 0.6) is 0 Å². The van der Waals surface area contributed by atoms with Crippen LogP contribution in [0.3, 0.4) is 0 Å². The van der Waals surface area contributed by atoms with Crippen LogP contribution in [-0.4, -0.2) is 71.9 Å². The normalized spacial score (nSPS) is 44.0. The molecule has 0 aromatic carbocycles. The second-order valence-corrected chi connectivity index (χ2v) is 4.54. The monoisotopic (exact) mass is 262 g/mol. The van der Waals surface area contributed by atoms with E-state index in [1.807, 2.05) is 0 Å². The Balaban J connectivity index is 2.26. The smallest absolute Gasteiger partial charge is 0.224 e. The van der Waals surface area contributed by atoms with Gasteiger partial charge in [-0.2, -0.15) is 0 Å². The van der Waals surface area contributed by atoms with Gasteiger partial charge >= 0.3 is 0 Å². The van der Waals surface area contributed by atoms with Crippen LogP contribution in [0, 0.1) is 0 Å². The van der Waals surface area contributed by atoms with Crippen LogP contribution in [0.25, 0.3) is 0 Å². The van der Waals surface area contributed by atoms with E-state index in [9.17, 15) is 0 Å². The molecule has 2 heterocycles. The van der Waals surface area contributed by atoms with Crippen molar-refractivity contribution in [3.8, 4) is 0 Å². The van der Waals surface area contributed by atoms with Gasteiger partial charge in [-0.3, -0.25) is 0 Å². The molecule has 0 bridgehead atoms. The zero-order chi connectivity index (χ0) is 13.2. The third-order valence-corrected chi connectivity index (χ3v) is 3.73. The predicted molar refractivity (Wildman–Crippen MR) is 62.4 cm³/mol. The van der Waals surface area contributed by atoms with Gasteiger partial charge in [-0.1, -0.05) is 0 Å². The van der Waals surface area contributed by atoms with Crippen molar-refractivity contribution in [2.45, 2.75) is 36.6 Å². The number of ether oxygens (including phenoxy) is 6. The van der Waals surface area contributed by atoms with Crippen LogP contribution in [-0.2, 0) is 28.4 Å². The van der Waals surface area contributed by atoms with Crippen molar-refractivity contribution in [1.82, 2.24) is 0 Å². The highest BCUT2D eigenvalue weighted by Crippen LogP contribution is 2.41. The molecular formula is C12H22O6. The summed E-state index contributed by atoms with van der Waals surface area (Å²) < 4.78 is 33.6. The summed E-state index contributed by atoms with van der Waals surface area (Å²) >= 11 is 0. The first kappa shape index (κ1) is 14.2. The second-order valence-electron chi connectivity index (χ2n) is 4.54. The summed E-state index contributed by atoms with van der Waals surface area (Å²) in [7, 11) is 6.50. The highest BCUT2D eigenvalue weighted by atomic mass is 16.8. The molecule has 0 N–H and O–H groups in total. The summed E-state index contributed by atoms with van der Waals surface area (Å²) in [6.07, 6.45) is -0.179. The van der Waals surface area contributed by atoms with Gasteiger partial charge in [-0.05, 0) is 0 Å². The number of fused-ring (bicyclic) bond motifs is 1. The number of hydrogen-bond acceptors (Lipinski definition) is 6. The molecule has 0 radical (unpaired) electrons. The predicted octanol–water partition coefficient (Wildman–Crippen LogP) is 0.193. The van der Waals surface area contributed by atoms with Gasteiger partial charge in [0, 0.05) is 34.9 Å². The molecule has 2 saturated heterocycles. The Morgan fingerprint density at radius 3 is 2.50 bits per heavy atom. The SMILES string of the molecule is COC[C@H]1O[C@@H]2CCO[C@]2(OC)[C@@H](OC)[C@@H]1OC. The van der Waals surface area contributed by atoms with Crippen molar-refractivity contribution in [2.24, 2.45) is 0 Å². The quantitative estimate of drug-likeness (QED) is 0.705. The highest BCUT2D eigenvalue weighted by Gasteiger charge is 2.61. The lowest BCUT2D eigenvalue weighted by molar-refractivity contribution is -0.353. The standard InChI is InChI=1S/C12H22O6/c1-13-7-8-10(14-2)11(15-3)12(16-4)9(18-8)5-6-17-12/h8-11H,5-7H2,1-4H3/t8-,9-,10-,11+,12+/m1/s1. The van der Waals surface area contributed by atoms with E-state index in [-0.39, 0.29) is 24.4 Å². The molecule has 2 fully saturated rings. The van der Waals surface area contributed by atoms with E-state index in [0.29, 0.717) is 13.2 Å². The Labute approximate surface area is 107 Å². The summed E-state index contributed by atoms with van der Waals surface area (Å²) in [6, 6.07) is 0. The lowest BCUT2D eigenvalue weighted by Gasteiger charge is -2.48. The first-order chi connectivity index (χ1) is 8.73. The van der Waals surface area contributed by atoms with E-state index in [0.717, 1.165) is 6.42 Å². The molecule has 18 heavy (non-hydrogen) atoms. The van der Waals surface area contributed by atoms with E-state index in [4.69, 9.17) is 28.4 Å². The first-order valence-electron chi connectivity index (χ1n) is 6.12. The van der Waals surface area contributed by atoms with Gasteiger partial charge in [0.2, 0.25) is 5.79 Å². The van der Waals surface area contributed by atoms with E-state index >= 15 is 0 Å². The third-order valence-electron chi connectivity index (χ3n) is 3.73. The second kappa shape index (κ2) is 5.81. The van der Waals surface area contributed by atoms with Crippen LogP contribution >= 0.6 is 0 Å². The maximum Gasteiger partial charge on any atom is 0.224 e. The molecule has 106 valence electrons. The molecule has 0 aromatic heterocycles. The van der Waals surface area contributed by atoms with Crippen LogP contribution < -0.4 is 0 Å². The number of methoxy groups -OCH3 is 4. The van der Waals surface area contributed by atoms with Crippen LogP contribution in [0.4, 0.5) is 0 Å². The van der Waals surface area contributed by atoms with E-state index in [1.165, 1.54) is 0 Å². The highest BCUT2D eigenvalue weighted by molar-refractivity contribution is 5.03. The molecule has 6 heteroatoms. The molecule has 0 amide bonds. The maximum atomic E-state index is 6.00. The Hall–Kier alpha value is -0.240. The summed E-state index contributed by atoms with van der Waals surface area (Å²) in [4.78, 5) is 0. The van der Waals surface area contributed by atoms with E-state index in [1.54, 1.807) is 28.4 Å². The molecular weight excluding hydrogens is 240 g/mol. The Morgan fingerprint density at radius 2 is 1.94 bits per heavy atom. The largest absolute Gasteiger partial charge is 0.382 e. The molecule has 2 aliphatic heterocycles. The first-order valence-corrected chi connectivity index (χ1v) is 6.12. The average Bonchev–Trinajstić information content (AvgIpc) is 2.81. The Kier molecular flexibility index (Phi) is 4.58. The molecule has 0 aliphatic carbocycles. The fourth-order valence-electron chi connectivity index (χ4n) is 2.94. The Bertz CT molecular complexity index is 273. The molecule has 6 nitrogen and oxygen atoms in total. The van der Waals surface area contributed by atoms with Crippen molar-refractivity contribution >= 4 is 0 Å². The van der Waals surface area contributed by atoms with Crippen molar-refractivity contribution in [3.05, 3.63) is 0 Å². The van der Waals surface area contributed by atoms with Crippen LogP contribution in [0.15, 0.2) is 0 Å². The third kappa shape index (κ3) is 2.07. The van der Waals surface area contributed by atoms with Gasteiger partial charge < -0.3 is 28.4 Å². The topological polar surface area (TPSA) is 55.4 Å². The minimum absolute atomic E-state index is 0.154. The summed E-state index contributed by atoms with van der Waals surface area (Å²) in [5, 5.41) is 0. The van der Waals surface area contributed by atoms with Crippen molar-refractivity contribution in [1.29, 1.82) is 0 Å². The zero-order valence-electron chi connectivity index (χ0n) is 11.4. The van der Waals surface area contributed by atoms with Gasteiger partial charge in [0.15, 0.2) is 0 Å². The fraction of sp³-hybridized carbons (Fsp3) is 1.00. The summed E-state index contributed by atoms with van der Waals surface area (Å²) in [5.74, 6) is -0.875. The van der Waals surface area contributed by atoms with Gasteiger partial charge in [0.1, 0.15) is 24.4 Å². The lowest BCUT2D eigenvalue weighted by Crippen LogP contribution is -2.67. The van der Waals surface area contributed by atoms with E-state index < -0.39 is 5.79 Å². The van der Waals surface area contributed by atoms with Gasteiger partial charge in [-0.15, -0.1) is 0 Å². The zero-order valence-corrected chi connectivity index (χ0v) is 11.4. The number of rotatable bonds is 5. The van der Waals surface area contributed by atoms with Crippen molar-refractivity contribution in [2.75, 3.05) is 41.7 Å². The lowest BCUT2D eigenvalue weighted by atomic mass is 9.91. The Morgan fingerprint density at radius 1 is 1.17 bits per heavy atom. The molecule has 0 aromatic rings. The van der Waals surface area contributed by atoms with Gasteiger partial charge in [0.05, 0.1) is 13.2 Å². The molecule has 0 saturated carbocycles. The van der Waals surface area contributed by atoms with Gasteiger partial charge in [-0.25, -0.2) is 0 Å². The summed E-state index contributed by atoms with van der Waals surface area (Å²) in [5.41, 5.74) is 0.